The van der Waals surface area contributed by atoms with E-state index in [2.05, 4.69) is 9.46 Å². The summed E-state index contributed by atoms with van der Waals surface area (Å²) >= 11 is 0. The lowest BCUT2D eigenvalue weighted by Gasteiger charge is -2.12. The van der Waals surface area contributed by atoms with Crippen LogP contribution in [0.4, 0.5) is 8.78 Å². The van der Waals surface area contributed by atoms with E-state index in [4.69, 9.17) is 4.74 Å². The first-order valence-corrected chi connectivity index (χ1v) is 10.1. The average molecular weight is 397 g/mol. The Morgan fingerprint density at radius 3 is 2.59 bits per heavy atom. The second-order valence-corrected chi connectivity index (χ2v) is 8.06. The molecule has 3 rings (SSSR count). The number of rotatable bonds is 8. The number of sulfonamides is 1. The SMILES string of the molecule is COc1cc(CCNS(=O)(=O)c2ccc3c(c2)CCC3)ccc1OC(F)F. The van der Waals surface area contributed by atoms with E-state index in [0.717, 1.165) is 30.4 Å². The van der Waals surface area contributed by atoms with Crippen LogP contribution in [-0.4, -0.2) is 28.7 Å². The molecule has 0 saturated carbocycles. The fraction of sp³-hybridized carbons (Fsp3) is 0.368. The Kier molecular flexibility index (Phi) is 5.96. The molecule has 0 saturated heterocycles. The summed E-state index contributed by atoms with van der Waals surface area (Å²) < 4.78 is 61.7. The van der Waals surface area contributed by atoms with E-state index in [9.17, 15) is 17.2 Å². The second-order valence-electron chi connectivity index (χ2n) is 6.30. The van der Waals surface area contributed by atoms with Crippen LogP contribution >= 0.6 is 0 Å². The molecular weight excluding hydrogens is 376 g/mol. The number of benzene rings is 2. The van der Waals surface area contributed by atoms with Crippen molar-refractivity contribution in [3.8, 4) is 11.5 Å². The fourth-order valence-electron chi connectivity index (χ4n) is 3.19. The normalized spacial score (nSPS) is 13.6. The number of hydrogen-bond donors (Lipinski definition) is 1. The van der Waals surface area contributed by atoms with Crippen LogP contribution in [0, 0.1) is 0 Å². The van der Waals surface area contributed by atoms with E-state index in [1.165, 1.54) is 18.7 Å². The van der Waals surface area contributed by atoms with Crippen LogP contribution in [0.15, 0.2) is 41.3 Å². The lowest BCUT2D eigenvalue weighted by atomic mass is 10.1. The Balaban J connectivity index is 1.63. The largest absolute Gasteiger partial charge is 0.493 e. The highest BCUT2D eigenvalue weighted by Crippen LogP contribution is 2.29. The van der Waals surface area contributed by atoms with Crippen molar-refractivity contribution in [2.45, 2.75) is 37.2 Å². The molecule has 27 heavy (non-hydrogen) atoms. The highest BCUT2D eigenvalue weighted by Gasteiger charge is 2.18. The standard InChI is InChI=1S/C19H21F2NO4S/c1-25-18-11-13(5-8-17(18)26-19(20)21)9-10-22-27(23,24)16-7-6-14-3-2-4-15(14)12-16/h5-8,11-12,19,22H,2-4,9-10H2,1H3. The molecule has 0 bridgehead atoms. The maximum atomic E-state index is 12.5. The molecule has 1 N–H and O–H groups in total. The maximum Gasteiger partial charge on any atom is 0.387 e. The number of hydrogen-bond acceptors (Lipinski definition) is 4. The molecule has 0 fully saturated rings. The third-order valence-corrected chi connectivity index (χ3v) is 5.99. The molecule has 5 nitrogen and oxygen atoms in total. The second kappa shape index (κ2) is 8.22. The summed E-state index contributed by atoms with van der Waals surface area (Å²) in [6.45, 7) is -2.76. The first-order chi connectivity index (χ1) is 12.9. The van der Waals surface area contributed by atoms with Crippen molar-refractivity contribution in [2.75, 3.05) is 13.7 Å². The monoisotopic (exact) mass is 397 g/mol. The van der Waals surface area contributed by atoms with Gasteiger partial charge in [0.2, 0.25) is 10.0 Å². The summed E-state index contributed by atoms with van der Waals surface area (Å²) in [5, 5.41) is 0. The van der Waals surface area contributed by atoms with Crippen molar-refractivity contribution < 1.29 is 26.7 Å². The zero-order valence-electron chi connectivity index (χ0n) is 14.9. The van der Waals surface area contributed by atoms with Crippen LogP contribution in [0.5, 0.6) is 11.5 Å². The molecule has 0 unspecified atom stereocenters. The van der Waals surface area contributed by atoms with Gasteiger partial charge in [0.05, 0.1) is 12.0 Å². The third-order valence-electron chi connectivity index (χ3n) is 4.53. The topological polar surface area (TPSA) is 64.6 Å². The summed E-state index contributed by atoms with van der Waals surface area (Å²) in [4.78, 5) is 0.265. The van der Waals surface area contributed by atoms with Crippen LogP contribution in [0.1, 0.15) is 23.1 Å². The van der Waals surface area contributed by atoms with Crippen LogP contribution in [0.25, 0.3) is 0 Å². The smallest absolute Gasteiger partial charge is 0.387 e. The van der Waals surface area contributed by atoms with E-state index in [1.807, 2.05) is 6.07 Å². The molecule has 0 aliphatic heterocycles. The molecule has 0 radical (unpaired) electrons. The number of alkyl halides is 2. The van der Waals surface area contributed by atoms with Gasteiger partial charge in [0.15, 0.2) is 11.5 Å². The molecule has 146 valence electrons. The van der Waals surface area contributed by atoms with Gasteiger partial charge in [0.25, 0.3) is 0 Å². The molecule has 0 spiro atoms. The quantitative estimate of drug-likeness (QED) is 0.742. The fourth-order valence-corrected chi connectivity index (χ4v) is 4.27. The maximum absolute atomic E-state index is 12.5. The predicted molar refractivity (Wildman–Crippen MR) is 97.0 cm³/mol. The summed E-state index contributed by atoms with van der Waals surface area (Å²) in [5.41, 5.74) is 3.05. The Morgan fingerprint density at radius 1 is 1.07 bits per heavy atom. The average Bonchev–Trinajstić information content (AvgIpc) is 3.10. The van der Waals surface area contributed by atoms with Gasteiger partial charge in [-0.05, 0) is 66.6 Å². The van der Waals surface area contributed by atoms with Crippen molar-refractivity contribution in [1.82, 2.24) is 4.72 Å². The lowest BCUT2D eigenvalue weighted by molar-refractivity contribution is -0.0512. The minimum atomic E-state index is -3.60. The lowest BCUT2D eigenvalue weighted by Crippen LogP contribution is -2.26. The predicted octanol–water partition coefficient (Wildman–Crippen LogP) is 3.31. The molecule has 2 aromatic carbocycles. The summed E-state index contributed by atoms with van der Waals surface area (Å²) in [7, 11) is -2.24. The van der Waals surface area contributed by atoms with Crippen molar-refractivity contribution in [2.24, 2.45) is 0 Å². The van der Waals surface area contributed by atoms with Gasteiger partial charge in [-0.15, -0.1) is 0 Å². The summed E-state index contributed by atoms with van der Waals surface area (Å²) in [5.74, 6) is 0.115. The van der Waals surface area contributed by atoms with Crippen LogP contribution in [0.3, 0.4) is 0 Å². The van der Waals surface area contributed by atoms with Gasteiger partial charge in [-0.1, -0.05) is 12.1 Å². The summed E-state index contributed by atoms with van der Waals surface area (Å²) in [6, 6.07) is 9.79. The minimum Gasteiger partial charge on any atom is -0.493 e. The first kappa shape index (κ1) is 19.6. The van der Waals surface area contributed by atoms with Crippen LogP contribution in [0.2, 0.25) is 0 Å². The van der Waals surface area contributed by atoms with Gasteiger partial charge >= 0.3 is 6.61 Å². The molecule has 2 aromatic rings. The minimum absolute atomic E-state index is 0.0602. The van der Waals surface area contributed by atoms with Crippen molar-refractivity contribution in [1.29, 1.82) is 0 Å². The van der Waals surface area contributed by atoms with Crippen LogP contribution in [-0.2, 0) is 29.3 Å². The zero-order chi connectivity index (χ0) is 19.4. The Labute approximate surface area is 157 Å². The molecule has 1 aliphatic carbocycles. The molecule has 8 heteroatoms. The Bertz CT molecular complexity index is 916. The van der Waals surface area contributed by atoms with Crippen molar-refractivity contribution in [3.63, 3.8) is 0 Å². The number of aryl methyl sites for hydroxylation is 2. The van der Waals surface area contributed by atoms with Gasteiger partial charge in [-0.25, -0.2) is 13.1 Å². The molecule has 0 heterocycles. The number of nitrogens with one attached hydrogen (secondary N) is 1. The number of methoxy groups -OCH3 is 1. The molecule has 0 aromatic heterocycles. The van der Waals surface area contributed by atoms with Gasteiger partial charge in [0, 0.05) is 6.54 Å². The summed E-state index contributed by atoms with van der Waals surface area (Å²) in [6.07, 6.45) is 3.34. The number of halogens is 2. The Hall–Kier alpha value is -2.19. The van der Waals surface area contributed by atoms with Crippen molar-refractivity contribution >= 4 is 10.0 Å². The number of ether oxygens (including phenoxy) is 2. The molecule has 0 atom stereocenters. The van der Waals surface area contributed by atoms with E-state index >= 15 is 0 Å². The third kappa shape index (κ3) is 4.75. The van der Waals surface area contributed by atoms with E-state index in [-0.39, 0.29) is 22.9 Å². The van der Waals surface area contributed by atoms with E-state index in [0.29, 0.717) is 6.42 Å². The zero-order valence-corrected chi connectivity index (χ0v) is 15.7. The van der Waals surface area contributed by atoms with Gasteiger partial charge < -0.3 is 9.47 Å². The van der Waals surface area contributed by atoms with Crippen molar-refractivity contribution in [3.05, 3.63) is 53.1 Å². The van der Waals surface area contributed by atoms with Gasteiger partial charge in [-0.2, -0.15) is 8.78 Å². The molecular formula is C19H21F2NO4S. The van der Waals surface area contributed by atoms with E-state index in [1.54, 1.807) is 24.3 Å². The van der Waals surface area contributed by atoms with Gasteiger partial charge in [-0.3, -0.25) is 0 Å². The molecule has 1 aliphatic rings. The first-order valence-electron chi connectivity index (χ1n) is 8.62. The van der Waals surface area contributed by atoms with E-state index < -0.39 is 16.6 Å². The highest BCUT2D eigenvalue weighted by atomic mass is 32.2. The van der Waals surface area contributed by atoms with Crippen LogP contribution < -0.4 is 14.2 Å². The number of fused-ring (bicyclic) bond motifs is 1. The van der Waals surface area contributed by atoms with Gasteiger partial charge in [0.1, 0.15) is 0 Å². The molecule has 0 amide bonds. The highest BCUT2D eigenvalue weighted by molar-refractivity contribution is 7.89. The Morgan fingerprint density at radius 2 is 1.85 bits per heavy atom.